The van der Waals surface area contributed by atoms with Crippen LogP contribution in [-0.2, 0) is 0 Å². The van der Waals surface area contributed by atoms with E-state index in [1.54, 1.807) is 0 Å². The maximum Gasteiger partial charge on any atom is 0.0109 e. The molecule has 88 valence electrons. The lowest BCUT2D eigenvalue weighted by Gasteiger charge is -2.16. The van der Waals surface area contributed by atoms with Crippen molar-refractivity contribution in [1.82, 2.24) is 9.80 Å². The van der Waals surface area contributed by atoms with Gasteiger partial charge in [-0.15, -0.1) is 0 Å². The summed E-state index contributed by atoms with van der Waals surface area (Å²) in [7, 11) is 2.21. The summed E-state index contributed by atoms with van der Waals surface area (Å²) in [5.41, 5.74) is 0. The molecular formula is C12H30N2. The van der Waals surface area contributed by atoms with Crippen LogP contribution in [0.25, 0.3) is 0 Å². The van der Waals surface area contributed by atoms with Crippen LogP contribution in [0.1, 0.15) is 41.0 Å². The van der Waals surface area contributed by atoms with E-state index in [-0.39, 0.29) is 0 Å². The molecule has 0 N–H and O–H groups in total. The SMILES string of the molecule is CC.CC.CCN1CCCN(C)CC1. The molecule has 0 atom stereocenters. The van der Waals surface area contributed by atoms with E-state index in [1.165, 1.54) is 39.1 Å². The molecule has 1 fully saturated rings. The Kier molecular flexibility index (Phi) is 15.1. The van der Waals surface area contributed by atoms with Crippen molar-refractivity contribution < 1.29 is 0 Å². The monoisotopic (exact) mass is 202 g/mol. The molecule has 14 heavy (non-hydrogen) atoms. The van der Waals surface area contributed by atoms with Crippen molar-refractivity contribution in [2.75, 3.05) is 39.8 Å². The van der Waals surface area contributed by atoms with Crippen LogP contribution in [0.2, 0.25) is 0 Å². The van der Waals surface area contributed by atoms with E-state index in [4.69, 9.17) is 0 Å². The summed E-state index contributed by atoms with van der Waals surface area (Å²) in [5, 5.41) is 0. The van der Waals surface area contributed by atoms with Gasteiger partial charge in [-0.1, -0.05) is 34.6 Å². The largest absolute Gasteiger partial charge is 0.305 e. The summed E-state index contributed by atoms with van der Waals surface area (Å²) in [6, 6.07) is 0. The Labute approximate surface area is 91.3 Å². The second kappa shape index (κ2) is 12.9. The molecule has 1 heterocycles. The molecule has 0 amide bonds. The lowest BCUT2D eigenvalue weighted by Crippen LogP contribution is -2.28. The third-order valence-corrected chi connectivity index (χ3v) is 2.26. The second-order valence-corrected chi connectivity index (χ2v) is 3.09. The van der Waals surface area contributed by atoms with Gasteiger partial charge in [0.2, 0.25) is 0 Å². The normalized spacial score (nSPS) is 18.4. The number of rotatable bonds is 1. The summed E-state index contributed by atoms with van der Waals surface area (Å²) in [4.78, 5) is 4.93. The van der Waals surface area contributed by atoms with Gasteiger partial charge in [0, 0.05) is 13.1 Å². The Hall–Kier alpha value is -0.0800. The quantitative estimate of drug-likeness (QED) is 0.645. The summed E-state index contributed by atoms with van der Waals surface area (Å²) in [6.45, 7) is 16.5. The molecule has 2 heteroatoms. The second-order valence-electron chi connectivity index (χ2n) is 3.09. The fourth-order valence-corrected chi connectivity index (χ4v) is 1.42. The minimum Gasteiger partial charge on any atom is -0.305 e. The lowest BCUT2D eigenvalue weighted by atomic mass is 10.4. The summed E-state index contributed by atoms with van der Waals surface area (Å²) >= 11 is 0. The van der Waals surface area contributed by atoms with Crippen LogP contribution in [0, 0.1) is 0 Å². The third kappa shape index (κ3) is 8.52. The standard InChI is InChI=1S/C8H18N2.2C2H6/c1-3-10-6-4-5-9(2)7-8-10;2*1-2/h3-8H2,1-2H3;2*1-2H3. The molecule has 0 aromatic heterocycles. The first-order chi connectivity index (χ1) is 6.83. The van der Waals surface area contributed by atoms with Crippen molar-refractivity contribution >= 4 is 0 Å². The maximum atomic E-state index is 2.52. The maximum absolute atomic E-state index is 2.52. The highest BCUT2D eigenvalue weighted by Gasteiger charge is 2.08. The van der Waals surface area contributed by atoms with Crippen LogP contribution in [0.4, 0.5) is 0 Å². The van der Waals surface area contributed by atoms with Gasteiger partial charge in [-0.05, 0) is 33.1 Å². The van der Waals surface area contributed by atoms with Crippen LogP contribution in [0.5, 0.6) is 0 Å². The molecule has 0 bridgehead atoms. The predicted octanol–water partition coefficient (Wildman–Crippen LogP) is 2.70. The van der Waals surface area contributed by atoms with E-state index in [0.29, 0.717) is 0 Å². The van der Waals surface area contributed by atoms with Crippen molar-refractivity contribution in [2.45, 2.75) is 41.0 Å². The molecule has 0 spiro atoms. The van der Waals surface area contributed by atoms with Crippen molar-refractivity contribution in [1.29, 1.82) is 0 Å². The van der Waals surface area contributed by atoms with Gasteiger partial charge >= 0.3 is 0 Å². The van der Waals surface area contributed by atoms with Crippen LogP contribution in [-0.4, -0.2) is 49.6 Å². The minimum absolute atomic E-state index is 1.22. The van der Waals surface area contributed by atoms with Gasteiger partial charge in [0.15, 0.2) is 0 Å². The molecule has 1 saturated heterocycles. The molecule has 0 saturated carbocycles. The van der Waals surface area contributed by atoms with E-state index >= 15 is 0 Å². The van der Waals surface area contributed by atoms with Gasteiger partial charge in [0.25, 0.3) is 0 Å². The number of likely N-dealkylation sites (N-methyl/N-ethyl adjacent to an activating group) is 2. The first kappa shape index (κ1) is 16.4. The zero-order valence-corrected chi connectivity index (χ0v) is 11.1. The van der Waals surface area contributed by atoms with Gasteiger partial charge in [-0.3, -0.25) is 0 Å². The first-order valence-corrected chi connectivity index (χ1v) is 6.24. The zero-order chi connectivity index (χ0) is 11.4. The molecular weight excluding hydrogens is 172 g/mol. The summed E-state index contributed by atoms with van der Waals surface area (Å²) in [5.74, 6) is 0. The van der Waals surface area contributed by atoms with E-state index in [9.17, 15) is 0 Å². The highest BCUT2D eigenvalue weighted by atomic mass is 15.2. The fraction of sp³-hybridized carbons (Fsp3) is 1.00. The van der Waals surface area contributed by atoms with Crippen LogP contribution in [0.3, 0.4) is 0 Å². The lowest BCUT2D eigenvalue weighted by molar-refractivity contribution is 0.289. The number of nitrogens with zero attached hydrogens (tertiary/aromatic N) is 2. The Morgan fingerprint density at radius 1 is 0.857 bits per heavy atom. The van der Waals surface area contributed by atoms with Gasteiger partial charge in [0.1, 0.15) is 0 Å². The van der Waals surface area contributed by atoms with E-state index in [1.807, 2.05) is 27.7 Å². The third-order valence-electron chi connectivity index (χ3n) is 2.26. The summed E-state index contributed by atoms with van der Waals surface area (Å²) < 4.78 is 0. The highest BCUT2D eigenvalue weighted by molar-refractivity contribution is 4.65. The van der Waals surface area contributed by atoms with Crippen molar-refractivity contribution in [3.8, 4) is 0 Å². The molecule has 1 aliphatic heterocycles. The Balaban J connectivity index is 0. The Morgan fingerprint density at radius 2 is 1.43 bits per heavy atom. The molecule has 0 radical (unpaired) electrons. The molecule has 0 unspecified atom stereocenters. The van der Waals surface area contributed by atoms with Crippen molar-refractivity contribution in [3.05, 3.63) is 0 Å². The Bertz CT molecular complexity index is 94.3. The smallest absolute Gasteiger partial charge is 0.0109 e. The fourth-order valence-electron chi connectivity index (χ4n) is 1.42. The molecule has 0 aliphatic carbocycles. The van der Waals surface area contributed by atoms with E-state index in [2.05, 4.69) is 23.8 Å². The van der Waals surface area contributed by atoms with Crippen LogP contribution >= 0.6 is 0 Å². The van der Waals surface area contributed by atoms with Gasteiger partial charge in [-0.25, -0.2) is 0 Å². The predicted molar refractivity (Wildman–Crippen MR) is 66.9 cm³/mol. The van der Waals surface area contributed by atoms with Gasteiger partial charge in [0.05, 0.1) is 0 Å². The number of hydrogen-bond acceptors (Lipinski definition) is 2. The molecule has 0 aromatic rings. The first-order valence-electron chi connectivity index (χ1n) is 6.24. The average molecular weight is 202 g/mol. The van der Waals surface area contributed by atoms with Crippen molar-refractivity contribution in [3.63, 3.8) is 0 Å². The molecule has 1 rings (SSSR count). The number of hydrogen-bond donors (Lipinski definition) is 0. The molecule has 1 aliphatic rings. The van der Waals surface area contributed by atoms with E-state index in [0.717, 1.165) is 0 Å². The Morgan fingerprint density at radius 3 is 1.93 bits per heavy atom. The van der Waals surface area contributed by atoms with Gasteiger partial charge < -0.3 is 9.80 Å². The average Bonchev–Trinajstić information content (AvgIpc) is 2.48. The van der Waals surface area contributed by atoms with E-state index < -0.39 is 0 Å². The molecule has 0 aromatic carbocycles. The minimum atomic E-state index is 1.22. The zero-order valence-electron chi connectivity index (χ0n) is 11.1. The van der Waals surface area contributed by atoms with Crippen LogP contribution in [0.15, 0.2) is 0 Å². The summed E-state index contributed by atoms with van der Waals surface area (Å²) in [6.07, 6.45) is 1.34. The highest BCUT2D eigenvalue weighted by Crippen LogP contribution is 1.99. The topological polar surface area (TPSA) is 6.48 Å². The van der Waals surface area contributed by atoms with Crippen molar-refractivity contribution in [2.24, 2.45) is 0 Å². The molecule has 2 nitrogen and oxygen atoms in total. The van der Waals surface area contributed by atoms with Gasteiger partial charge in [-0.2, -0.15) is 0 Å². The van der Waals surface area contributed by atoms with Crippen LogP contribution < -0.4 is 0 Å².